The smallest absolute Gasteiger partial charge is 0.106 e. The van der Waals surface area contributed by atoms with Gasteiger partial charge in [-0.1, -0.05) is 26.2 Å². The summed E-state index contributed by atoms with van der Waals surface area (Å²) in [6.07, 6.45) is 7.56. The lowest BCUT2D eigenvalue weighted by Crippen LogP contribution is -2.47. The summed E-state index contributed by atoms with van der Waals surface area (Å²) >= 11 is 0. The van der Waals surface area contributed by atoms with E-state index < -0.39 is 5.54 Å². The van der Waals surface area contributed by atoms with Crippen molar-refractivity contribution in [2.75, 3.05) is 0 Å². The van der Waals surface area contributed by atoms with Crippen LogP contribution in [0.25, 0.3) is 0 Å². The molecule has 0 heterocycles. The van der Waals surface area contributed by atoms with E-state index in [9.17, 15) is 5.26 Å². The standard InChI is InChI=1S/C17H32N2O/c1-6-15-8-7-9-16(10-15)20-14(4)11-17(5,12-18)19-13(2)3/h13-16,19H,6-11H2,1-5H3. The molecule has 0 radical (unpaired) electrons. The third-order valence-corrected chi connectivity index (χ3v) is 4.29. The molecule has 4 unspecified atom stereocenters. The minimum Gasteiger partial charge on any atom is -0.375 e. The maximum Gasteiger partial charge on any atom is 0.106 e. The van der Waals surface area contributed by atoms with Gasteiger partial charge in [-0.2, -0.15) is 5.26 Å². The summed E-state index contributed by atoms with van der Waals surface area (Å²) in [7, 11) is 0. The van der Waals surface area contributed by atoms with Crippen molar-refractivity contribution in [2.45, 2.75) is 96.9 Å². The lowest BCUT2D eigenvalue weighted by molar-refractivity contribution is -0.0420. The zero-order valence-corrected chi connectivity index (χ0v) is 13.9. The first kappa shape index (κ1) is 17.5. The SMILES string of the molecule is CCC1CCCC(OC(C)CC(C)(C#N)NC(C)C)C1. The first-order chi connectivity index (χ1) is 9.38. The van der Waals surface area contributed by atoms with Crippen molar-refractivity contribution in [3.8, 4) is 6.07 Å². The molecule has 0 aromatic carbocycles. The second kappa shape index (κ2) is 8.00. The van der Waals surface area contributed by atoms with E-state index in [-0.39, 0.29) is 6.10 Å². The van der Waals surface area contributed by atoms with Crippen LogP contribution in [0, 0.1) is 17.2 Å². The van der Waals surface area contributed by atoms with Gasteiger partial charge in [0.05, 0.1) is 18.3 Å². The largest absolute Gasteiger partial charge is 0.375 e. The Balaban J connectivity index is 2.45. The molecule has 116 valence electrons. The fourth-order valence-electron chi connectivity index (χ4n) is 3.46. The van der Waals surface area contributed by atoms with Gasteiger partial charge in [-0.05, 0) is 46.5 Å². The van der Waals surface area contributed by atoms with Crippen LogP contribution in [0.3, 0.4) is 0 Å². The Morgan fingerprint density at radius 1 is 1.35 bits per heavy atom. The molecular formula is C17H32N2O. The van der Waals surface area contributed by atoms with E-state index in [4.69, 9.17) is 4.74 Å². The van der Waals surface area contributed by atoms with Gasteiger partial charge in [-0.3, -0.25) is 5.32 Å². The van der Waals surface area contributed by atoms with Crippen LogP contribution in [0.5, 0.6) is 0 Å². The maximum atomic E-state index is 9.40. The van der Waals surface area contributed by atoms with E-state index in [0.29, 0.717) is 12.1 Å². The Hall–Kier alpha value is -0.590. The molecule has 1 rings (SSSR count). The van der Waals surface area contributed by atoms with E-state index in [1.807, 2.05) is 6.92 Å². The molecule has 0 saturated heterocycles. The minimum atomic E-state index is -0.494. The van der Waals surface area contributed by atoms with Crippen LogP contribution in [-0.4, -0.2) is 23.8 Å². The van der Waals surface area contributed by atoms with Gasteiger partial charge >= 0.3 is 0 Å². The number of nitrogens with one attached hydrogen (secondary N) is 1. The van der Waals surface area contributed by atoms with Gasteiger partial charge in [0.25, 0.3) is 0 Å². The van der Waals surface area contributed by atoms with Crippen molar-refractivity contribution in [3.63, 3.8) is 0 Å². The van der Waals surface area contributed by atoms with Crippen LogP contribution in [0.4, 0.5) is 0 Å². The summed E-state index contributed by atoms with van der Waals surface area (Å²) < 4.78 is 6.21. The van der Waals surface area contributed by atoms with Crippen molar-refractivity contribution >= 4 is 0 Å². The summed E-state index contributed by atoms with van der Waals surface area (Å²) in [6.45, 7) is 10.5. The number of rotatable bonds is 7. The second-order valence-electron chi connectivity index (χ2n) is 6.96. The molecule has 0 spiro atoms. The van der Waals surface area contributed by atoms with Gasteiger partial charge in [0.15, 0.2) is 0 Å². The van der Waals surface area contributed by atoms with Crippen molar-refractivity contribution in [1.82, 2.24) is 5.32 Å². The predicted octanol–water partition coefficient (Wildman–Crippen LogP) is 4.03. The second-order valence-corrected chi connectivity index (χ2v) is 6.96. The van der Waals surface area contributed by atoms with Crippen molar-refractivity contribution in [1.29, 1.82) is 5.26 Å². The lowest BCUT2D eigenvalue weighted by atomic mass is 9.85. The fourth-order valence-corrected chi connectivity index (χ4v) is 3.46. The Morgan fingerprint density at radius 2 is 2.05 bits per heavy atom. The zero-order valence-electron chi connectivity index (χ0n) is 13.9. The van der Waals surface area contributed by atoms with Gasteiger partial charge in [-0.15, -0.1) is 0 Å². The first-order valence-electron chi connectivity index (χ1n) is 8.23. The van der Waals surface area contributed by atoms with Crippen LogP contribution < -0.4 is 5.32 Å². The molecule has 1 aliphatic carbocycles. The normalized spacial score (nSPS) is 27.9. The van der Waals surface area contributed by atoms with Gasteiger partial charge in [0.2, 0.25) is 0 Å². The quantitative estimate of drug-likeness (QED) is 0.765. The molecule has 0 aromatic rings. The molecule has 3 heteroatoms. The molecular weight excluding hydrogens is 248 g/mol. The summed E-state index contributed by atoms with van der Waals surface area (Å²) in [5, 5.41) is 12.8. The predicted molar refractivity (Wildman–Crippen MR) is 83.5 cm³/mol. The Kier molecular flexibility index (Phi) is 6.99. The Labute approximate surface area is 125 Å². The highest BCUT2D eigenvalue weighted by molar-refractivity contribution is 5.05. The molecule has 0 amide bonds. The molecule has 4 atom stereocenters. The molecule has 1 fully saturated rings. The highest BCUT2D eigenvalue weighted by Crippen LogP contribution is 2.30. The highest BCUT2D eigenvalue weighted by atomic mass is 16.5. The molecule has 1 aliphatic rings. The highest BCUT2D eigenvalue weighted by Gasteiger charge is 2.29. The summed E-state index contributed by atoms with van der Waals surface area (Å²) in [6, 6.07) is 2.72. The first-order valence-corrected chi connectivity index (χ1v) is 8.23. The van der Waals surface area contributed by atoms with Crippen LogP contribution in [0.15, 0.2) is 0 Å². The van der Waals surface area contributed by atoms with Crippen LogP contribution in [0.1, 0.15) is 73.1 Å². The average molecular weight is 280 g/mol. The van der Waals surface area contributed by atoms with Gasteiger partial charge < -0.3 is 4.74 Å². The molecule has 1 N–H and O–H groups in total. The fraction of sp³-hybridized carbons (Fsp3) is 0.941. The van der Waals surface area contributed by atoms with Gasteiger partial charge in [-0.25, -0.2) is 0 Å². The topological polar surface area (TPSA) is 45.0 Å². The third-order valence-electron chi connectivity index (χ3n) is 4.29. The minimum absolute atomic E-state index is 0.131. The van der Waals surface area contributed by atoms with Gasteiger partial charge in [0.1, 0.15) is 5.54 Å². The zero-order chi connectivity index (χ0) is 15.2. The number of hydrogen-bond donors (Lipinski definition) is 1. The van der Waals surface area contributed by atoms with E-state index >= 15 is 0 Å². The van der Waals surface area contributed by atoms with Crippen molar-refractivity contribution in [3.05, 3.63) is 0 Å². The Bertz CT molecular complexity index is 323. The van der Waals surface area contributed by atoms with Crippen LogP contribution in [0.2, 0.25) is 0 Å². The molecule has 0 aromatic heterocycles. The Morgan fingerprint density at radius 3 is 2.60 bits per heavy atom. The van der Waals surface area contributed by atoms with Gasteiger partial charge in [0, 0.05) is 12.5 Å². The number of ether oxygens (including phenoxy) is 1. The van der Waals surface area contributed by atoms with Crippen molar-refractivity contribution < 1.29 is 4.74 Å². The molecule has 3 nitrogen and oxygen atoms in total. The van der Waals surface area contributed by atoms with E-state index in [1.165, 1.54) is 32.1 Å². The van der Waals surface area contributed by atoms with Crippen molar-refractivity contribution in [2.24, 2.45) is 5.92 Å². The number of nitriles is 1. The summed E-state index contributed by atoms with van der Waals surface area (Å²) in [5.74, 6) is 0.831. The summed E-state index contributed by atoms with van der Waals surface area (Å²) in [4.78, 5) is 0. The lowest BCUT2D eigenvalue weighted by Gasteiger charge is -2.33. The average Bonchev–Trinajstić information content (AvgIpc) is 2.37. The molecule has 0 aliphatic heterocycles. The maximum absolute atomic E-state index is 9.40. The van der Waals surface area contributed by atoms with Crippen LogP contribution >= 0.6 is 0 Å². The molecule has 1 saturated carbocycles. The summed E-state index contributed by atoms with van der Waals surface area (Å²) in [5.41, 5.74) is -0.494. The van der Waals surface area contributed by atoms with E-state index in [0.717, 1.165) is 12.3 Å². The van der Waals surface area contributed by atoms with E-state index in [1.54, 1.807) is 0 Å². The third kappa shape index (κ3) is 5.81. The monoisotopic (exact) mass is 280 g/mol. The van der Waals surface area contributed by atoms with E-state index in [2.05, 4.69) is 39.1 Å². The molecule has 0 bridgehead atoms. The molecule has 20 heavy (non-hydrogen) atoms. The number of hydrogen-bond acceptors (Lipinski definition) is 3. The van der Waals surface area contributed by atoms with Crippen LogP contribution in [-0.2, 0) is 4.74 Å². The number of nitrogens with zero attached hydrogens (tertiary/aromatic N) is 1.